The van der Waals surface area contributed by atoms with E-state index < -0.39 is 38.5 Å². The molecule has 0 heterocycles. The van der Waals surface area contributed by atoms with Crippen molar-refractivity contribution >= 4 is 39.2 Å². The van der Waals surface area contributed by atoms with Crippen LogP contribution in [0.3, 0.4) is 0 Å². The van der Waals surface area contributed by atoms with Crippen molar-refractivity contribution in [3.8, 4) is 5.75 Å². The van der Waals surface area contributed by atoms with Gasteiger partial charge in [-0.15, -0.1) is 0 Å². The van der Waals surface area contributed by atoms with Gasteiger partial charge in [-0.05, 0) is 49.0 Å². The van der Waals surface area contributed by atoms with Gasteiger partial charge in [0.25, 0.3) is 5.69 Å². The smallest absolute Gasteiger partial charge is 0.413 e. The first-order valence-electron chi connectivity index (χ1n) is 7.59. The molecule has 2 aromatic rings. The maximum atomic E-state index is 12.4. The second-order valence-corrected chi connectivity index (χ2v) is 7.57. The number of nitro benzene ring substituents is 1. The second kappa shape index (κ2) is 8.19. The summed E-state index contributed by atoms with van der Waals surface area (Å²) in [5, 5.41) is 19.9. The molecule has 0 radical (unpaired) electrons. The van der Waals surface area contributed by atoms with Gasteiger partial charge in [0.1, 0.15) is 10.6 Å². The number of hydrogen-bond donors (Lipinski definition) is 2. The predicted molar refractivity (Wildman–Crippen MR) is 102 cm³/mol. The molecule has 2 aromatic carbocycles. The minimum Gasteiger partial charge on any atom is -0.465 e. The van der Waals surface area contributed by atoms with Crippen molar-refractivity contribution < 1.29 is 27.4 Å². The van der Waals surface area contributed by atoms with Crippen molar-refractivity contribution in [1.29, 1.82) is 0 Å². The molecule has 0 aromatic heterocycles. The van der Waals surface area contributed by atoms with Crippen molar-refractivity contribution in [2.24, 2.45) is 5.73 Å². The lowest BCUT2D eigenvalue weighted by Gasteiger charge is -2.17. The van der Waals surface area contributed by atoms with Gasteiger partial charge < -0.3 is 15.0 Å². The van der Waals surface area contributed by atoms with Gasteiger partial charge in [0.15, 0.2) is 5.11 Å². The van der Waals surface area contributed by atoms with Gasteiger partial charge in [-0.1, -0.05) is 12.1 Å². The highest BCUT2D eigenvalue weighted by molar-refractivity contribution is 7.87. The first kappa shape index (κ1) is 21.1. The van der Waals surface area contributed by atoms with Crippen LogP contribution in [0.4, 0.5) is 10.5 Å². The molecule has 0 spiro atoms. The van der Waals surface area contributed by atoms with Crippen LogP contribution in [0.15, 0.2) is 47.4 Å². The topological polar surface area (TPSA) is 153 Å². The van der Waals surface area contributed by atoms with Crippen LogP contribution >= 0.6 is 12.2 Å². The largest absolute Gasteiger partial charge is 0.465 e. The highest BCUT2D eigenvalue weighted by atomic mass is 32.2. The van der Waals surface area contributed by atoms with Crippen LogP contribution in [0, 0.1) is 17.0 Å². The summed E-state index contributed by atoms with van der Waals surface area (Å²) in [5.41, 5.74) is 5.41. The van der Waals surface area contributed by atoms with Crippen molar-refractivity contribution in [2.45, 2.75) is 18.4 Å². The Morgan fingerprint density at radius 2 is 2.00 bits per heavy atom. The van der Waals surface area contributed by atoms with Crippen LogP contribution in [0.1, 0.15) is 11.1 Å². The number of carbonyl (C=O) groups is 1. The summed E-state index contributed by atoms with van der Waals surface area (Å²) < 4.78 is 29.7. The van der Waals surface area contributed by atoms with E-state index in [0.717, 1.165) is 6.07 Å². The lowest BCUT2D eigenvalue weighted by molar-refractivity contribution is -0.385. The number of nitrogens with two attached hydrogens (primary N) is 1. The van der Waals surface area contributed by atoms with Crippen molar-refractivity contribution in [1.82, 2.24) is 4.90 Å². The maximum Gasteiger partial charge on any atom is 0.413 e. The standard InChI is InChI=1S/C16H15N3O7S2/c1-10-3-2-4-13(7-10)28(24,25)26-12-6-5-11(14(8-12)19(22)23)9-18(15(17)27)16(20)21/h2-8H,9H2,1H3,(H2,17,27)(H,20,21). The van der Waals surface area contributed by atoms with E-state index in [1.807, 2.05) is 0 Å². The molecule has 148 valence electrons. The monoisotopic (exact) mass is 425 g/mol. The van der Waals surface area contributed by atoms with Gasteiger partial charge in [-0.25, -0.2) is 9.69 Å². The van der Waals surface area contributed by atoms with Gasteiger partial charge in [0, 0.05) is 0 Å². The Balaban J connectivity index is 2.38. The average molecular weight is 425 g/mol. The Hall–Kier alpha value is -3.25. The van der Waals surface area contributed by atoms with Gasteiger partial charge in [-0.3, -0.25) is 10.1 Å². The summed E-state index contributed by atoms with van der Waals surface area (Å²) >= 11 is 4.61. The average Bonchev–Trinajstić information content (AvgIpc) is 2.59. The molecule has 28 heavy (non-hydrogen) atoms. The van der Waals surface area contributed by atoms with E-state index in [-0.39, 0.29) is 16.2 Å². The molecule has 0 saturated heterocycles. The van der Waals surface area contributed by atoms with Crippen molar-refractivity contribution in [2.75, 3.05) is 0 Å². The Bertz CT molecular complexity index is 1040. The zero-order valence-corrected chi connectivity index (χ0v) is 16.1. The third-order valence-corrected chi connectivity index (χ3v) is 5.03. The van der Waals surface area contributed by atoms with E-state index in [1.54, 1.807) is 13.0 Å². The van der Waals surface area contributed by atoms with Gasteiger partial charge >= 0.3 is 16.2 Å². The second-order valence-electron chi connectivity index (χ2n) is 5.61. The summed E-state index contributed by atoms with van der Waals surface area (Å²) in [6, 6.07) is 9.20. The Kier molecular flexibility index (Phi) is 6.16. The quantitative estimate of drug-likeness (QED) is 0.307. The summed E-state index contributed by atoms with van der Waals surface area (Å²) in [5.74, 6) is -0.297. The number of rotatable bonds is 6. The Labute approximate surface area is 165 Å². The summed E-state index contributed by atoms with van der Waals surface area (Å²) in [4.78, 5) is 22.1. The molecule has 0 aliphatic rings. The zero-order valence-electron chi connectivity index (χ0n) is 14.4. The molecule has 2 rings (SSSR count). The number of aryl methyl sites for hydroxylation is 1. The number of nitro groups is 1. The van der Waals surface area contributed by atoms with Crippen molar-refractivity contribution in [3.63, 3.8) is 0 Å². The third kappa shape index (κ3) is 4.92. The Morgan fingerprint density at radius 1 is 1.32 bits per heavy atom. The van der Waals surface area contributed by atoms with Crippen LogP contribution in [-0.2, 0) is 16.7 Å². The highest BCUT2D eigenvalue weighted by Gasteiger charge is 2.24. The number of thiocarbonyl (C=S) groups is 1. The molecule has 0 unspecified atom stereocenters. The van der Waals surface area contributed by atoms with Crippen LogP contribution in [-0.4, -0.2) is 34.6 Å². The summed E-state index contributed by atoms with van der Waals surface area (Å²) in [7, 11) is -4.21. The number of hydrogen-bond acceptors (Lipinski definition) is 7. The van der Waals surface area contributed by atoms with E-state index in [2.05, 4.69) is 12.2 Å². The third-order valence-electron chi connectivity index (χ3n) is 3.56. The minimum atomic E-state index is -4.21. The van der Waals surface area contributed by atoms with Crippen LogP contribution in [0.5, 0.6) is 5.75 Å². The number of carboxylic acid groups (broad SMARTS) is 1. The molecule has 10 nitrogen and oxygen atoms in total. The fraction of sp³-hybridized carbons (Fsp3) is 0.125. The molecule has 0 atom stereocenters. The maximum absolute atomic E-state index is 12.4. The van der Waals surface area contributed by atoms with Crippen LogP contribution in [0.25, 0.3) is 0 Å². The van der Waals surface area contributed by atoms with Crippen LogP contribution in [0.2, 0.25) is 0 Å². The van der Waals surface area contributed by atoms with Crippen molar-refractivity contribution in [3.05, 3.63) is 63.7 Å². The molecular weight excluding hydrogens is 410 g/mol. The lowest BCUT2D eigenvalue weighted by Crippen LogP contribution is -2.39. The normalized spacial score (nSPS) is 10.9. The highest BCUT2D eigenvalue weighted by Crippen LogP contribution is 2.28. The van der Waals surface area contributed by atoms with E-state index in [4.69, 9.17) is 15.0 Å². The minimum absolute atomic E-state index is 0.0412. The predicted octanol–water partition coefficient (Wildman–Crippen LogP) is 2.39. The molecule has 1 amide bonds. The molecule has 0 fully saturated rings. The zero-order chi connectivity index (χ0) is 21.1. The molecule has 3 N–H and O–H groups in total. The molecule has 0 aliphatic carbocycles. The van der Waals surface area contributed by atoms with Gasteiger partial charge in [-0.2, -0.15) is 8.42 Å². The van der Waals surface area contributed by atoms with E-state index >= 15 is 0 Å². The molecule has 0 aliphatic heterocycles. The lowest BCUT2D eigenvalue weighted by atomic mass is 10.1. The number of amides is 1. The van der Waals surface area contributed by atoms with E-state index in [9.17, 15) is 23.3 Å². The van der Waals surface area contributed by atoms with Crippen LogP contribution < -0.4 is 9.92 Å². The summed E-state index contributed by atoms with van der Waals surface area (Å²) in [6.45, 7) is 1.22. The van der Waals surface area contributed by atoms with Gasteiger partial charge in [0.2, 0.25) is 0 Å². The number of benzene rings is 2. The fourth-order valence-electron chi connectivity index (χ4n) is 2.25. The molecule has 0 bridgehead atoms. The fourth-order valence-corrected chi connectivity index (χ4v) is 3.43. The molecule has 0 saturated carbocycles. The first-order chi connectivity index (χ1) is 13.0. The number of nitrogens with zero attached hydrogens (tertiary/aromatic N) is 2. The van der Waals surface area contributed by atoms with Gasteiger partial charge in [0.05, 0.1) is 23.1 Å². The first-order valence-corrected chi connectivity index (χ1v) is 9.41. The molecular formula is C16H15N3O7S2. The van der Waals surface area contributed by atoms with E-state index in [0.29, 0.717) is 10.5 Å². The summed E-state index contributed by atoms with van der Waals surface area (Å²) in [6.07, 6.45) is -1.48. The molecule has 12 heteroatoms. The van der Waals surface area contributed by atoms with E-state index in [1.165, 1.54) is 30.3 Å². The SMILES string of the molecule is Cc1cccc(S(=O)(=O)Oc2ccc(CN(C(=O)O)C(N)=S)c([N+](=O)[O-])c2)c1. The Morgan fingerprint density at radius 3 is 2.54 bits per heavy atom.